The summed E-state index contributed by atoms with van der Waals surface area (Å²) in [6.45, 7) is 4.38. The molecule has 0 spiro atoms. The smallest absolute Gasteiger partial charge is 0.243 e. The Morgan fingerprint density at radius 3 is 2.73 bits per heavy atom. The lowest BCUT2D eigenvalue weighted by Crippen LogP contribution is -2.51. The highest BCUT2D eigenvalue weighted by atomic mass is 35.5. The molecule has 1 saturated heterocycles. The van der Waals surface area contributed by atoms with E-state index in [0.717, 1.165) is 11.3 Å². The van der Waals surface area contributed by atoms with Crippen molar-refractivity contribution in [1.29, 1.82) is 0 Å². The number of hydrogen-bond acceptors (Lipinski definition) is 4. The first kappa shape index (κ1) is 22.6. The molecule has 1 N–H and O–H groups in total. The maximum absolute atomic E-state index is 13.2. The molecule has 0 radical (unpaired) electrons. The van der Waals surface area contributed by atoms with Gasteiger partial charge in [-0.1, -0.05) is 29.8 Å². The molecule has 0 unspecified atom stereocenters. The van der Waals surface area contributed by atoms with Crippen molar-refractivity contribution in [3.8, 4) is 5.75 Å². The SMILES string of the molecule is COc1cccc(CNC(=O)[C@@]2(C)CCCN(S(=O)(=O)c3cccc(Cl)c3C)C2)c1. The first-order valence-corrected chi connectivity index (χ1v) is 11.7. The lowest BCUT2D eigenvalue weighted by molar-refractivity contribution is -0.132. The molecule has 3 rings (SSSR count). The lowest BCUT2D eigenvalue weighted by Gasteiger charge is -2.38. The summed E-state index contributed by atoms with van der Waals surface area (Å²) in [6, 6.07) is 12.3. The predicted octanol–water partition coefficient (Wildman–Crippen LogP) is 3.76. The molecule has 1 fully saturated rings. The third kappa shape index (κ3) is 4.63. The van der Waals surface area contributed by atoms with Crippen LogP contribution in [0.3, 0.4) is 0 Å². The van der Waals surface area contributed by atoms with Crippen LogP contribution in [0.2, 0.25) is 5.02 Å². The molecule has 2 aromatic carbocycles. The van der Waals surface area contributed by atoms with Gasteiger partial charge >= 0.3 is 0 Å². The number of hydrogen-bond donors (Lipinski definition) is 1. The van der Waals surface area contributed by atoms with Crippen molar-refractivity contribution in [2.45, 2.75) is 38.1 Å². The lowest BCUT2D eigenvalue weighted by atomic mass is 9.82. The van der Waals surface area contributed by atoms with E-state index in [-0.39, 0.29) is 17.3 Å². The van der Waals surface area contributed by atoms with Crippen LogP contribution in [0.4, 0.5) is 0 Å². The van der Waals surface area contributed by atoms with Crippen LogP contribution in [0.25, 0.3) is 0 Å². The van der Waals surface area contributed by atoms with E-state index in [1.807, 2.05) is 31.2 Å². The normalized spacial score (nSPS) is 20.0. The number of piperidine rings is 1. The van der Waals surface area contributed by atoms with Gasteiger partial charge < -0.3 is 10.1 Å². The number of halogens is 1. The molecule has 1 heterocycles. The van der Waals surface area contributed by atoms with Crippen LogP contribution in [0, 0.1) is 12.3 Å². The standard InChI is InChI=1S/C22H27ClN2O4S/c1-16-19(23)9-5-10-20(16)30(27,28)25-12-6-11-22(2,15-25)21(26)24-14-17-7-4-8-18(13-17)29-3/h4-5,7-10,13H,6,11-12,14-15H2,1-3H3,(H,24,26)/t22-/m0/s1. The Balaban J connectivity index is 1.74. The zero-order chi connectivity index (χ0) is 21.9. The van der Waals surface area contributed by atoms with Crippen molar-refractivity contribution in [3.63, 3.8) is 0 Å². The minimum absolute atomic E-state index is 0.130. The highest BCUT2D eigenvalue weighted by Crippen LogP contribution is 2.34. The Bertz CT molecular complexity index is 1040. The molecule has 0 bridgehead atoms. The first-order chi connectivity index (χ1) is 14.2. The highest BCUT2D eigenvalue weighted by molar-refractivity contribution is 7.89. The molecule has 30 heavy (non-hydrogen) atoms. The zero-order valence-electron chi connectivity index (χ0n) is 17.4. The molecule has 1 aliphatic heterocycles. The minimum Gasteiger partial charge on any atom is -0.497 e. The van der Waals surface area contributed by atoms with Crippen molar-refractivity contribution in [3.05, 3.63) is 58.6 Å². The van der Waals surface area contributed by atoms with Crippen LogP contribution < -0.4 is 10.1 Å². The van der Waals surface area contributed by atoms with Crippen molar-refractivity contribution in [2.24, 2.45) is 5.41 Å². The number of benzene rings is 2. The summed E-state index contributed by atoms with van der Waals surface area (Å²) in [5.74, 6) is 0.563. The number of carbonyl (C=O) groups is 1. The Morgan fingerprint density at radius 1 is 1.27 bits per heavy atom. The fourth-order valence-electron chi connectivity index (χ4n) is 3.77. The number of carbonyl (C=O) groups excluding carboxylic acids is 1. The Hall–Kier alpha value is -2.09. The quantitative estimate of drug-likeness (QED) is 0.726. The van der Waals surface area contributed by atoms with Crippen LogP contribution in [-0.4, -0.2) is 38.8 Å². The minimum atomic E-state index is -3.74. The predicted molar refractivity (Wildman–Crippen MR) is 117 cm³/mol. The van der Waals surface area contributed by atoms with Gasteiger partial charge in [0.05, 0.1) is 17.4 Å². The number of amides is 1. The van der Waals surface area contributed by atoms with Crippen molar-refractivity contribution in [2.75, 3.05) is 20.2 Å². The van der Waals surface area contributed by atoms with Crippen molar-refractivity contribution in [1.82, 2.24) is 9.62 Å². The molecule has 162 valence electrons. The Morgan fingerprint density at radius 2 is 2.00 bits per heavy atom. The van der Waals surface area contributed by atoms with Gasteiger partial charge in [-0.2, -0.15) is 4.31 Å². The number of nitrogens with one attached hydrogen (secondary N) is 1. The fraction of sp³-hybridized carbons (Fsp3) is 0.409. The summed E-state index contributed by atoms with van der Waals surface area (Å²) in [5.41, 5.74) is 0.631. The van der Waals surface area contributed by atoms with E-state index in [1.54, 1.807) is 32.2 Å². The summed E-state index contributed by atoms with van der Waals surface area (Å²) in [6.07, 6.45) is 1.24. The average molecular weight is 451 g/mol. The summed E-state index contributed by atoms with van der Waals surface area (Å²) in [5, 5.41) is 3.36. The second-order valence-corrected chi connectivity index (χ2v) is 10.2. The third-order valence-electron chi connectivity index (χ3n) is 5.63. The van der Waals surface area contributed by atoms with E-state index >= 15 is 0 Å². The van der Waals surface area contributed by atoms with Gasteiger partial charge in [0.15, 0.2) is 0 Å². The molecule has 0 aliphatic carbocycles. The maximum Gasteiger partial charge on any atom is 0.243 e. The molecular weight excluding hydrogens is 424 g/mol. The molecule has 8 heteroatoms. The van der Waals surface area contributed by atoms with Gasteiger partial charge in [0.25, 0.3) is 0 Å². The van der Waals surface area contributed by atoms with Gasteiger partial charge in [0.1, 0.15) is 5.75 Å². The average Bonchev–Trinajstić information content (AvgIpc) is 2.74. The Labute approximate surface area is 183 Å². The van der Waals surface area contributed by atoms with E-state index in [0.29, 0.717) is 36.5 Å². The summed E-state index contributed by atoms with van der Waals surface area (Å²) >= 11 is 6.13. The van der Waals surface area contributed by atoms with E-state index in [4.69, 9.17) is 16.3 Å². The highest BCUT2D eigenvalue weighted by Gasteiger charge is 2.42. The maximum atomic E-state index is 13.2. The summed E-state index contributed by atoms with van der Waals surface area (Å²) in [7, 11) is -2.15. The van der Waals surface area contributed by atoms with Crippen LogP contribution in [0.1, 0.15) is 30.9 Å². The molecule has 1 amide bonds. The van der Waals surface area contributed by atoms with Crippen LogP contribution in [-0.2, 0) is 21.4 Å². The molecule has 1 atom stereocenters. The first-order valence-electron chi connectivity index (χ1n) is 9.84. The number of sulfonamides is 1. The second-order valence-electron chi connectivity index (χ2n) is 7.90. The van der Waals surface area contributed by atoms with E-state index in [2.05, 4.69) is 5.32 Å². The van der Waals surface area contributed by atoms with Crippen LogP contribution >= 0.6 is 11.6 Å². The van der Waals surface area contributed by atoms with Gasteiger partial charge in [-0.05, 0) is 62.1 Å². The number of methoxy groups -OCH3 is 1. The van der Waals surface area contributed by atoms with Gasteiger partial charge in [0, 0.05) is 24.7 Å². The Kier molecular flexibility index (Phi) is 6.75. The van der Waals surface area contributed by atoms with E-state index in [9.17, 15) is 13.2 Å². The van der Waals surface area contributed by atoms with E-state index in [1.165, 1.54) is 4.31 Å². The molecule has 0 aromatic heterocycles. The van der Waals surface area contributed by atoms with Gasteiger partial charge in [-0.3, -0.25) is 4.79 Å². The van der Waals surface area contributed by atoms with Gasteiger partial charge in [-0.15, -0.1) is 0 Å². The molecule has 0 saturated carbocycles. The fourth-order valence-corrected chi connectivity index (χ4v) is 5.85. The third-order valence-corrected chi connectivity index (χ3v) is 8.03. The number of rotatable bonds is 6. The monoisotopic (exact) mass is 450 g/mol. The number of ether oxygens (including phenoxy) is 1. The van der Waals surface area contributed by atoms with Gasteiger partial charge in [0.2, 0.25) is 15.9 Å². The summed E-state index contributed by atoms with van der Waals surface area (Å²) in [4.78, 5) is 13.2. The molecule has 2 aromatic rings. The second kappa shape index (κ2) is 8.96. The topological polar surface area (TPSA) is 75.7 Å². The largest absolute Gasteiger partial charge is 0.497 e. The molecule has 1 aliphatic rings. The van der Waals surface area contributed by atoms with E-state index < -0.39 is 15.4 Å². The molecule has 6 nitrogen and oxygen atoms in total. The van der Waals surface area contributed by atoms with Crippen molar-refractivity contribution < 1.29 is 17.9 Å². The van der Waals surface area contributed by atoms with Crippen molar-refractivity contribution >= 4 is 27.5 Å². The van der Waals surface area contributed by atoms with Gasteiger partial charge in [-0.25, -0.2) is 8.42 Å². The number of nitrogens with zero attached hydrogens (tertiary/aromatic N) is 1. The zero-order valence-corrected chi connectivity index (χ0v) is 19.0. The van der Waals surface area contributed by atoms with Crippen LogP contribution in [0.5, 0.6) is 5.75 Å². The van der Waals surface area contributed by atoms with Crippen LogP contribution in [0.15, 0.2) is 47.4 Å². The summed E-state index contributed by atoms with van der Waals surface area (Å²) < 4.78 is 33.1. The molecular formula is C22H27ClN2O4S.